The van der Waals surface area contributed by atoms with Crippen LogP contribution < -0.4 is 0 Å². The molecule has 0 unspecified atom stereocenters. The van der Waals surface area contributed by atoms with Gasteiger partial charge < -0.3 is 9.15 Å². The molecule has 1 aromatic carbocycles. The molecule has 0 spiro atoms. The molecular formula is C21H17ClN2O3S. The average Bonchev–Trinajstić information content (AvgIpc) is 3.34. The Labute approximate surface area is 171 Å². The van der Waals surface area contributed by atoms with Gasteiger partial charge in [0.2, 0.25) is 5.89 Å². The van der Waals surface area contributed by atoms with E-state index in [0.717, 1.165) is 21.3 Å². The maximum absolute atomic E-state index is 12.3. The largest absolute Gasteiger partial charge is 0.459 e. The third kappa shape index (κ3) is 3.66. The van der Waals surface area contributed by atoms with Crippen LogP contribution in [0.4, 0.5) is 0 Å². The summed E-state index contributed by atoms with van der Waals surface area (Å²) >= 11 is 7.95. The van der Waals surface area contributed by atoms with Gasteiger partial charge in [0.05, 0.1) is 33.2 Å². The van der Waals surface area contributed by atoms with Gasteiger partial charge >= 0.3 is 5.97 Å². The van der Waals surface area contributed by atoms with Gasteiger partial charge in [0, 0.05) is 5.39 Å². The Kier molecular flexibility index (Phi) is 5.15. The summed E-state index contributed by atoms with van der Waals surface area (Å²) in [5, 5.41) is 3.46. The van der Waals surface area contributed by atoms with Crippen LogP contribution in [0.25, 0.3) is 21.7 Å². The zero-order valence-corrected chi connectivity index (χ0v) is 16.9. The first-order valence-corrected chi connectivity index (χ1v) is 9.98. The van der Waals surface area contributed by atoms with Gasteiger partial charge in [-0.2, -0.15) is 0 Å². The van der Waals surface area contributed by atoms with Gasteiger partial charge in [-0.1, -0.05) is 35.9 Å². The fourth-order valence-electron chi connectivity index (χ4n) is 2.95. The van der Waals surface area contributed by atoms with Crippen molar-refractivity contribution in [2.45, 2.75) is 26.9 Å². The predicted octanol–water partition coefficient (Wildman–Crippen LogP) is 5.51. The van der Waals surface area contributed by atoms with Gasteiger partial charge in [-0.3, -0.25) is 4.79 Å². The Morgan fingerprint density at radius 2 is 1.96 bits per heavy atom. The van der Waals surface area contributed by atoms with Crippen molar-refractivity contribution in [2.75, 3.05) is 0 Å². The number of halogens is 1. The number of nitrogens with zero attached hydrogens (tertiary/aromatic N) is 2. The molecule has 142 valence electrons. The van der Waals surface area contributed by atoms with Crippen LogP contribution in [-0.4, -0.2) is 15.9 Å². The number of oxazole rings is 1. The number of ether oxygens (including phenoxy) is 1. The molecule has 0 aliphatic heterocycles. The summed E-state index contributed by atoms with van der Waals surface area (Å²) in [5.41, 5.74) is 2.86. The van der Waals surface area contributed by atoms with Gasteiger partial charge in [-0.05, 0) is 36.9 Å². The minimum absolute atomic E-state index is 0.0119. The number of hydrogen-bond donors (Lipinski definition) is 0. The van der Waals surface area contributed by atoms with E-state index >= 15 is 0 Å². The number of hydrogen-bond acceptors (Lipinski definition) is 6. The molecule has 3 aromatic heterocycles. The van der Waals surface area contributed by atoms with Crippen LogP contribution in [0.1, 0.15) is 22.7 Å². The van der Waals surface area contributed by atoms with Crippen molar-refractivity contribution in [3.8, 4) is 10.8 Å². The number of fused-ring (bicyclic) bond motifs is 1. The normalized spacial score (nSPS) is 11.1. The van der Waals surface area contributed by atoms with E-state index in [1.165, 1.54) is 11.3 Å². The van der Waals surface area contributed by atoms with Gasteiger partial charge in [-0.15, -0.1) is 11.3 Å². The zero-order chi connectivity index (χ0) is 19.7. The highest BCUT2D eigenvalue weighted by atomic mass is 35.5. The maximum atomic E-state index is 12.3. The summed E-state index contributed by atoms with van der Waals surface area (Å²) in [5.74, 6) is 0.723. The van der Waals surface area contributed by atoms with Crippen molar-refractivity contribution in [1.82, 2.24) is 9.97 Å². The third-order valence-electron chi connectivity index (χ3n) is 4.45. The van der Waals surface area contributed by atoms with Crippen molar-refractivity contribution < 1.29 is 13.9 Å². The Hall–Kier alpha value is -2.70. The number of rotatable bonds is 5. The maximum Gasteiger partial charge on any atom is 0.312 e. The standard InChI is InChI=1S/C21H17ClN2O3S/c1-12-14-6-3-4-7-15(14)23-17(20(12)22)11-26-19(25)10-16-13(2)27-21(24-16)18-8-5-9-28-18/h3-9H,10-11H2,1-2H3. The van der Waals surface area contributed by atoms with E-state index in [1.54, 1.807) is 6.92 Å². The van der Waals surface area contributed by atoms with Crippen LogP contribution in [-0.2, 0) is 22.6 Å². The van der Waals surface area contributed by atoms with Crippen molar-refractivity contribution in [1.29, 1.82) is 0 Å². The first-order valence-electron chi connectivity index (χ1n) is 8.72. The number of carbonyl (C=O) groups is 1. The molecule has 0 N–H and O–H groups in total. The number of pyridine rings is 1. The van der Waals surface area contributed by atoms with Crippen molar-refractivity contribution >= 4 is 39.8 Å². The lowest BCUT2D eigenvalue weighted by Crippen LogP contribution is -2.10. The quantitative estimate of drug-likeness (QED) is 0.404. The summed E-state index contributed by atoms with van der Waals surface area (Å²) in [7, 11) is 0. The fraction of sp³-hybridized carbons (Fsp3) is 0.190. The Bertz CT molecular complexity index is 1150. The first-order chi connectivity index (χ1) is 13.5. The van der Waals surface area contributed by atoms with Crippen LogP contribution in [0.15, 0.2) is 46.2 Å². The van der Waals surface area contributed by atoms with Crippen LogP contribution in [0.5, 0.6) is 0 Å². The molecular weight excluding hydrogens is 396 g/mol. The summed E-state index contributed by atoms with van der Waals surface area (Å²) in [4.78, 5) is 22.2. The molecule has 0 amide bonds. The van der Waals surface area contributed by atoms with Crippen molar-refractivity contribution in [3.63, 3.8) is 0 Å². The molecule has 0 aliphatic rings. The predicted molar refractivity (Wildman–Crippen MR) is 110 cm³/mol. The number of aromatic nitrogens is 2. The molecule has 0 atom stereocenters. The molecule has 0 saturated heterocycles. The van der Waals surface area contributed by atoms with E-state index in [0.29, 0.717) is 28.1 Å². The summed E-state index contributed by atoms with van der Waals surface area (Å²) in [6, 6.07) is 11.6. The van der Waals surface area contributed by atoms with Gasteiger partial charge in [0.1, 0.15) is 12.4 Å². The van der Waals surface area contributed by atoms with Gasteiger partial charge in [-0.25, -0.2) is 9.97 Å². The number of aryl methyl sites for hydroxylation is 2. The van der Waals surface area contributed by atoms with Crippen LogP contribution in [0.3, 0.4) is 0 Å². The van der Waals surface area contributed by atoms with E-state index in [1.807, 2.05) is 48.7 Å². The molecule has 4 rings (SSSR count). The minimum atomic E-state index is -0.405. The lowest BCUT2D eigenvalue weighted by atomic mass is 10.1. The molecule has 5 nitrogen and oxygen atoms in total. The van der Waals surface area contributed by atoms with Gasteiger partial charge in [0.25, 0.3) is 0 Å². The average molecular weight is 413 g/mol. The van der Waals surface area contributed by atoms with E-state index in [-0.39, 0.29) is 13.0 Å². The van der Waals surface area contributed by atoms with Crippen LogP contribution in [0, 0.1) is 13.8 Å². The number of para-hydroxylation sites is 1. The van der Waals surface area contributed by atoms with E-state index in [9.17, 15) is 4.79 Å². The lowest BCUT2D eigenvalue weighted by Gasteiger charge is -2.10. The second kappa shape index (κ2) is 7.73. The molecule has 4 aromatic rings. The highest BCUT2D eigenvalue weighted by molar-refractivity contribution is 7.13. The first kappa shape index (κ1) is 18.7. The number of esters is 1. The minimum Gasteiger partial charge on any atom is -0.459 e. The number of thiophene rings is 1. The van der Waals surface area contributed by atoms with Gasteiger partial charge in [0.15, 0.2) is 0 Å². The zero-order valence-electron chi connectivity index (χ0n) is 15.4. The molecule has 28 heavy (non-hydrogen) atoms. The van der Waals surface area contributed by atoms with E-state index < -0.39 is 5.97 Å². The smallest absolute Gasteiger partial charge is 0.312 e. The summed E-state index contributed by atoms with van der Waals surface area (Å²) in [6.07, 6.45) is 0.0326. The Morgan fingerprint density at radius 1 is 1.14 bits per heavy atom. The van der Waals surface area contributed by atoms with Crippen LogP contribution >= 0.6 is 22.9 Å². The van der Waals surface area contributed by atoms with Crippen LogP contribution in [0.2, 0.25) is 5.02 Å². The SMILES string of the molecule is Cc1oc(-c2cccs2)nc1CC(=O)OCc1nc2ccccc2c(C)c1Cl. The molecule has 0 radical (unpaired) electrons. The molecule has 0 fully saturated rings. The van der Waals surface area contributed by atoms with Crippen molar-refractivity contribution in [2.24, 2.45) is 0 Å². The number of carbonyl (C=O) groups excluding carboxylic acids is 1. The fourth-order valence-corrected chi connectivity index (χ4v) is 3.79. The Morgan fingerprint density at radius 3 is 2.75 bits per heavy atom. The topological polar surface area (TPSA) is 65.2 Å². The summed E-state index contributed by atoms with van der Waals surface area (Å²) < 4.78 is 11.1. The molecule has 0 aliphatic carbocycles. The summed E-state index contributed by atoms with van der Waals surface area (Å²) in [6.45, 7) is 3.73. The molecule has 0 saturated carbocycles. The highest BCUT2D eigenvalue weighted by Crippen LogP contribution is 2.28. The number of benzene rings is 1. The monoisotopic (exact) mass is 412 g/mol. The Balaban J connectivity index is 1.47. The second-order valence-corrected chi connectivity index (χ2v) is 7.68. The second-order valence-electron chi connectivity index (χ2n) is 6.35. The van der Waals surface area contributed by atoms with E-state index in [4.69, 9.17) is 20.8 Å². The lowest BCUT2D eigenvalue weighted by molar-refractivity contribution is -0.144. The highest BCUT2D eigenvalue weighted by Gasteiger charge is 2.17. The third-order valence-corrected chi connectivity index (χ3v) is 5.81. The van der Waals surface area contributed by atoms with E-state index in [2.05, 4.69) is 9.97 Å². The molecule has 3 heterocycles. The molecule has 0 bridgehead atoms. The molecule has 7 heteroatoms. The van der Waals surface area contributed by atoms with Crippen molar-refractivity contribution in [3.05, 3.63) is 69.5 Å².